The average molecular weight is 845 g/mol. The molecule has 2 fully saturated rings. The van der Waals surface area contributed by atoms with E-state index in [0.29, 0.717) is 11.8 Å². The number of carbonyl (C=O) groups is 1. The number of hydrogen-bond acceptors (Lipinski definition) is 8. The summed E-state index contributed by atoms with van der Waals surface area (Å²) in [5.74, 6) is 2.18. The van der Waals surface area contributed by atoms with E-state index < -0.39 is 8.24 Å². The highest BCUT2D eigenvalue weighted by Crippen LogP contribution is 2.39. The van der Waals surface area contributed by atoms with Crippen LogP contribution in [0.4, 0.5) is 0 Å². The second-order valence-electron chi connectivity index (χ2n) is 17.8. The van der Waals surface area contributed by atoms with Crippen LogP contribution >= 0.6 is 0 Å². The van der Waals surface area contributed by atoms with Crippen LogP contribution in [0.25, 0.3) is 16.1 Å². The van der Waals surface area contributed by atoms with Crippen LogP contribution < -0.4 is 5.32 Å². The third kappa shape index (κ3) is 16.5. The standard InChI is InChI=1S/C23H31N5.C10H14O.C9H9N.C4H9N.C3H9N3Si/c1-16(2)19-10-12-20(13-11-19)22(27-14-5-6-15-27)23-24-25-26-28(23)21-17(3)8-7-9-18(21)4;1-8(2)10-5-3-9(7-11)4-6-10;1-7-4-3-5-8(2)9(7)6-10;1-2-4-5-3-1;1-7(2,3)6-5-4/h7-9,12,19,22H,1,5-6,10-11,13-15H2,2-4H3;3,7,10H,1,4-6H2,2H3;3-5H,1-2H3;5H,1-4H2;1-3H3/t19-,22?;;;;/m1..../s1. The van der Waals surface area contributed by atoms with Crippen molar-refractivity contribution in [3.63, 3.8) is 0 Å². The SMILES string of the molecule is C1CCNC1.C=C(C)C1CC=C(C=O)CC1.C=C(C)[C@@H]1CC=C(C(c2nnnn2-c2c(C)cccc2C)N2CCCC2)CC1.C[Si](C)(C)N=[N+]=[N-].Cc1cccc(C)c1C#N. The maximum atomic E-state index is 10.3. The van der Waals surface area contributed by atoms with Crippen molar-refractivity contribution >= 4 is 14.5 Å². The number of carbonyl (C=O) groups excluding carboxylic acids is 1. The summed E-state index contributed by atoms with van der Waals surface area (Å²) in [6.07, 6.45) is 17.1. The number of hydrogen-bond donors (Lipinski definition) is 1. The molecule has 1 N–H and O–H groups in total. The molecule has 2 saturated heterocycles. The van der Waals surface area contributed by atoms with E-state index in [0.717, 1.165) is 85.3 Å². The zero-order valence-corrected chi connectivity index (χ0v) is 39.7. The predicted octanol–water partition coefficient (Wildman–Crippen LogP) is 11.9. The van der Waals surface area contributed by atoms with Crippen LogP contribution in [0.1, 0.15) is 118 Å². The summed E-state index contributed by atoms with van der Waals surface area (Å²) in [5.41, 5.74) is 19.3. The molecular formula is C49H72N10OSi. The van der Waals surface area contributed by atoms with Crippen LogP contribution in [-0.2, 0) is 4.79 Å². The number of nitrogens with one attached hydrogen (secondary N) is 1. The lowest BCUT2D eigenvalue weighted by Crippen LogP contribution is -2.31. The highest BCUT2D eigenvalue weighted by molar-refractivity contribution is 6.74. The Hall–Kier alpha value is -4.92. The Bertz CT molecular complexity index is 2000. The van der Waals surface area contributed by atoms with E-state index in [2.05, 4.69) is 107 Å². The molecule has 2 aliphatic carbocycles. The predicted molar refractivity (Wildman–Crippen MR) is 254 cm³/mol. The Morgan fingerprint density at radius 3 is 1.82 bits per heavy atom. The van der Waals surface area contributed by atoms with Gasteiger partial charge in [-0.1, -0.05) is 92.5 Å². The molecule has 0 bridgehead atoms. The van der Waals surface area contributed by atoms with Gasteiger partial charge in [-0.15, -0.1) is 9.88 Å². The van der Waals surface area contributed by atoms with Crippen LogP contribution in [0, 0.1) is 50.9 Å². The van der Waals surface area contributed by atoms with Crippen LogP contribution in [0.2, 0.25) is 19.6 Å². The molecule has 2 aliphatic heterocycles. The van der Waals surface area contributed by atoms with Gasteiger partial charge in [0.25, 0.3) is 0 Å². The number of tetrazole rings is 1. The first kappa shape index (κ1) is 50.4. The molecule has 2 aromatic carbocycles. The van der Waals surface area contributed by atoms with Gasteiger partial charge in [-0.3, -0.25) is 9.69 Å². The van der Waals surface area contributed by atoms with Crippen LogP contribution in [0.3, 0.4) is 0 Å². The summed E-state index contributed by atoms with van der Waals surface area (Å²) < 4.78 is 5.56. The van der Waals surface area contributed by atoms with Gasteiger partial charge in [-0.25, -0.2) is 0 Å². The van der Waals surface area contributed by atoms with Crippen molar-refractivity contribution in [3.8, 4) is 11.8 Å². The van der Waals surface area contributed by atoms with E-state index >= 15 is 0 Å². The van der Waals surface area contributed by atoms with Crippen molar-refractivity contribution in [2.75, 3.05) is 26.2 Å². The molecule has 3 atom stereocenters. The Morgan fingerprint density at radius 1 is 0.902 bits per heavy atom. The number of azide groups is 1. The fourth-order valence-electron chi connectivity index (χ4n) is 7.94. The molecule has 11 nitrogen and oxygen atoms in total. The molecule has 4 aliphatic rings. The molecule has 7 rings (SSSR count). The summed E-state index contributed by atoms with van der Waals surface area (Å²) in [6.45, 7) is 31.2. The van der Waals surface area contributed by atoms with Gasteiger partial charge in [-0.2, -0.15) is 9.94 Å². The van der Waals surface area contributed by atoms with Crippen molar-refractivity contribution in [2.45, 2.75) is 131 Å². The number of nitriles is 1. The molecule has 61 heavy (non-hydrogen) atoms. The highest BCUT2D eigenvalue weighted by Gasteiger charge is 2.33. The van der Waals surface area contributed by atoms with Crippen LogP contribution in [-0.4, -0.2) is 65.8 Å². The third-order valence-electron chi connectivity index (χ3n) is 11.6. The molecule has 3 aromatic rings. The van der Waals surface area contributed by atoms with E-state index in [1.165, 1.54) is 73.0 Å². The maximum absolute atomic E-state index is 10.3. The van der Waals surface area contributed by atoms with Crippen molar-refractivity contribution < 1.29 is 4.79 Å². The quantitative estimate of drug-likeness (QED) is 0.0592. The molecule has 0 saturated carbocycles. The second-order valence-corrected chi connectivity index (χ2v) is 22.4. The number of benzene rings is 2. The van der Waals surface area contributed by atoms with Gasteiger partial charge >= 0.3 is 0 Å². The van der Waals surface area contributed by atoms with Gasteiger partial charge in [0.2, 0.25) is 0 Å². The number of aldehydes is 1. The molecule has 0 amide bonds. The van der Waals surface area contributed by atoms with Crippen molar-refractivity contribution in [2.24, 2.45) is 16.6 Å². The molecule has 328 valence electrons. The second kappa shape index (κ2) is 25.8. The van der Waals surface area contributed by atoms with Gasteiger partial charge in [0.05, 0.1) is 23.4 Å². The lowest BCUT2D eigenvalue weighted by Gasteiger charge is -2.32. The molecule has 0 spiro atoms. The monoisotopic (exact) mass is 845 g/mol. The first-order valence-electron chi connectivity index (χ1n) is 22.1. The molecule has 0 radical (unpaired) electrons. The topological polar surface area (TPSA) is 148 Å². The van der Waals surface area contributed by atoms with Gasteiger partial charge in [0.15, 0.2) is 5.82 Å². The first-order chi connectivity index (χ1) is 29.1. The Kier molecular flexibility index (Phi) is 21.3. The number of aromatic nitrogens is 4. The highest BCUT2D eigenvalue weighted by atomic mass is 28.3. The summed E-state index contributed by atoms with van der Waals surface area (Å²) in [6, 6.07) is 14.6. The zero-order valence-electron chi connectivity index (χ0n) is 38.7. The fraction of sp³-hybridized carbons (Fsp3) is 0.531. The summed E-state index contributed by atoms with van der Waals surface area (Å²) in [7, 11) is -1.45. The minimum Gasteiger partial charge on any atom is -0.317 e. The number of likely N-dealkylation sites (tertiary alicyclic amines) is 1. The van der Waals surface area contributed by atoms with Gasteiger partial charge < -0.3 is 5.32 Å². The fourth-order valence-corrected chi connectivity index (χ4v) is 8.20. The minimum absolute atomic E-state index is 0.169. The smallest absolute Gasteiger partial charge is 0.177 e. The number of aryl methyl sites for hydroxylation is 4. The molecule has 1 aromatic heterocycles. The van der Waals surface area contributed by atoms with E-state index in [1.807, 2.05) is 62.4 Å². The Labute approximate surface area is 367 Å². The molecular weight excluding hydrogens is 773 g/mol. The molecule has 2 unspecified atom stereocenters. The van der Waals surface area contributed by atoms with E-state index in [1.54, 1.807) is 0 Å². The largest absolute Gasteiger partial charge is 0.317 e. The minimum atomic E-state index is -1.45. The van der Waals surface area contributed by atoms with E-state index in [4.69, 9.17) is 10.8 Å². The summed E-state index contributed by atoms with van der Waals surface area (Å²) in [5, 5.41) is 25.0. The van der Waals surface area contributed by atoms with E-state index in [-0.39, 0.29) is 6.04 Å². The van der Waals surface area contributed by atoms with Crippen molar-refractivity contribution in [1.82, 2.24) is 30.4 Å². The van der Waals surface area contributed by atoms with Gasteiger partial charge in [-0.05, 0) is 198 Å². The summed E-state index contributed by atoms with van der Waals surface area (Å²) in [4.78, 5) is 15.6. The zero-order chi connectivity index (χ0) is 45.0. The maximum Gasteiger partial charge on any atom is 0.177 e. The number of allylic oxidation sites excluding steroid dienone is 5. The normalized spacial score (nSPS) is 18.8. The molecule has 12 heteroatoms. The lowest BCUT2D eigenvalue weighted by atomic mass is 9.83. The van der Waals surface area contributed by atoms with Gasteiger partial charge in [0, 0.05) is 0 Å². The Balaban J connectivity index is 0.000000245. The van der Waals surface area contributed by atoms with E-state index in [9.17, 15) is 4.79 Å². The number of rotatable bonds is 8. The van der Waals surface area contributed by atoms with Crippen LogP contribution in [0.15, 0.2) is 88.8 Å². The van der Waals surface area contributed by atoms with Crippen LogP contribution in [0.5, 0.6) is 0 Å². The summed E-state index contributed by atoms with van der Waals surface area (Å²) >= 11 is 0. The first-order valence-corrected chi connectivity index (χ1v) is 25.5. The molecule has 3 heterocycles. The van der Waals surface area contributed by atoms with Gasteiger partial charge in [0.1, 0.15) is 14.5 Å². The number of para-hydroxylation sites is 1. The Morgan fingerprint density at radius 2 is 1.44 bits per heavy atom. The lowest BCUT2D eigenvalue weighted by molar-refractivity contribution is -0.105. The third-order valence-corrected chi connectivity index (χ3v) is 12.3. The number of nitrogens with zero attached hydrogens (tertiary/aromatic N) is 9. The van der Waals surface area contributed by atoms with Crippen molar-refractivity contribution in [3.05, 3.63) is 128 Å². The average Bonchev–Trinajstić information content (AvgIpc) is 4.06. The van der Waals surface area contributed by atoms with Crippen molar-refractivity contribution in [1.29, 1.82) is 5.26 Å².